The van der Waals surface area contributed by atoms with Gasteiger partial charge in [0.2, 0.25) is 0 Å². The van der Waals surface area contributed by atoms with Gasteiger partial charge in [0.25, 0.3) is 0 Å². The van der Waals surface area contributed by atoms with Gasteiger partial charge in [-0.1, -0.05) is 0 Å². The van der Waals surface area contributed by atoms with E-state index in [2.05, 4.69) is 4.74 Å². The second-order valence-corrected chi connectivity index (χ2v) is 5.53. The highest BCUT2D eigenvalue weighted by molar-refractivity contribution is 5.59. The number of hydroxylamine groups is 2. The average molecular weight is 231 g/mol. The number of hydrogen-bond donors (Lipinski definition) is 1. The molecule has 0 amide bonds. The second-order valence-electron chi connectivity index (χ2n) is 5.53. The molecule has 0 aromatic heterocycles. The van der Waals surface area contributed by atoms with E-state index in [1.165, 1.54) is 7.11 Å². The molecule has 0 radical (unpaired) electrons. The van der Waals surface area contributed by atoms with Gasteiger partial charge in [-0.3, -0.25) is 0 Å². The molecule has 0 aromatic carbocycles. The number of carbonyl (C=O) groups excluding carboxylic acids is 1. The topological polar surface area (TPSA) is 59.0 Å². The quantitative estimate of drug-likeness (QED) is 0.696. The van der Waals surface area contributed by atoms with Crippen LogP contribution in [0.15, 0.2) is 0 Å². The Morgan fingerprint density at radius 3 is 2.06 bits per heavy atom. The van der Waals surface area contributed by atoms with Gasteiger partial charge in [-0.05, 0) is 40.5 Å². The van der Waals surface area contributed by atoms with Crippen molar-refractivity contribution in [1.29, 1.82) is 0 Å². The normalized spacial score (nSPS) is 25.1. The second kappa shape index (κ2) is 4.22. The zero-order valence-electron chi connectivity index (χ0n) is 10.6. The van der Waals surface area contributed by atoms with E-state index in [4.69, 9.17) is 4.84 Å². The summed E-state index contributed by atoms with van der Waals surface area (Å²) in [6.45, 7) is 7.72. The van der Waals surface area contributed by atoms with E-state index in [1.807, 2.05) is 27.7 Å². The van der Waals surface area contributed by atoms with Gasteiger partial charge in [0.05, 0.1) is 24.3 Å². The monoisotopic (exact) mass is 231 g/mol. The van der Waals surface area contributed by atoms with E-state index in [0.717, 1.165) is 0 Å². The summed E-state index contributed by atoms with van der Waals surface area (Å²) in [5.74, 6) is 0. The molecule has 5 heteroatoms. The Bertz CT molecular complexity index is 257. The van der Waals surface area contributed by atoms with E-state index in [-0.39, 0.29) is 6.10 Å². The largest absolute Gasteiger partial charge is 0.527 e. The summed E-state index contributed by atoms with van der Waals surface area (Å²) in [6, 6.07) is 0. The van der Waals surface area contributed by atoms with Gasteiger partial charge in [0.15, 0.2) is 0 Å². The van der Waals surface area contributed by atoms with Crippen molar-refractivity contribution in [2.45, 2.75) is 57.7 Å². The number of aliphatic hydroxyl groups excluding tert-OH is 1. The molecule has 1 heterocycles. The van der Waals surface area contributed by atoms with Crippen molar-refractivity contribution in [1.82, 2.24) is 5.06 Å². The van der Waals surface area contributed by atoms with Gasteiger partial charge >= 0.3 is 6.16 Å². The van der Waals surface area contributed by atoms with Crippen molar-refractivity contribution in [3.63, 3.8) is 0 Å². The molecular formula is C11H21NO4. The first-order chi connectivity index (χ1) is 7.19. The molecule has 5 nitrogen and oxygen atoms in total. The molecule has 0 bridgehead atoms. The Morgan fingerprint density at radius 1 is 1.25 bits per heavy atom. The highest BCUT2D eigenvalue weighted by Crippen LogP contribution is 2.38. The molecule has 0 aromatic rings. The van der Waals surface area contributed by atoms with Crippen molar-refractivity contribution in [3.05, 3.63) is 0 Å². The van der Waals surface area contributed by atoms with Crippen LogP contribution in [0, 0.1) is 0 Å². The van der Waals surface area contributed by atoms with Crippen LogP contribution in [0.3, 0.4) is 0 Å². The standard InChI is InChI=1S/C11H21NO4/c1-10(2)6-8(13)7-11(3,4)12(10)16-9(14)15-5/h8,13H,6-7H2,1-5H3. The van der Waals surface area contributed by atoms with Crippen molar-refractivity contribution in [3.8, 4) is 0 Å². The molecule has 0 atom stereocenters. The maximum Gasteiger partial charge on any atom is 0.527 e. The van der Waals surface area contributed by atoms with Crippen LogP contribution in [0.1, 0.15) is 40.5 Å². The molecule has 1 aliphatic rings. The first-order valence-electron chi connectivity index (χ1n) is 5.43. The third-order valence-electron chi connectivity index (χ3n) is 2.90. The Kier molecular flexibility index (Phi) is 3.50. The van der Waals surface area contributed by atoms with Crippen LogP contribution in [-0.2, 0) is 9.57 Å². The summed E-state index contributed by atoms with van der Waals surface area (Å²) < 4.78 is 4.50. The lowest BCUT2D eigenvalue weighted by Gasteiger charge is -2.51. The van der Waals surface area contributed by atoms with Gasteiger partial charge in [0.1, 0.15) is 0 Å². The maximum absolute atomic E-state index is 11.2. The molecule has 1 aliphatic heterocycles. The predicted octanol–water partition coefficient (Wildman–Crippen LogP) is 1.70. The van der Waals surface area contributed by atoms with E-state index in [0.29, 0.717) is 12.8 Å². The van der Waals surface area contributed by atoms with Crippen molar-refractivity contribution in [2.75, 3.05) is 7.11 Å². The number of carbonyl (C=O) groups is 1. The summed E-state index contributed by atoms with van der Waals surface area (Å²) in [7, 11) is 1.28. The molecule has 1 N–H and O–H groups in total. The highest BCUT2D eigenvalue weighted by Gasteiger charge is 2.47. The number of nitrogens with zero attached hydrogens (tertiary/aromatic N) is 1. The minimum Gasteiger partial charge on any atom is -0.436 e. The molecule has 0 unspecified atom stereocenters. The maximum atomic E-state index is 11.2. The summed E-state index contributed by atoms with van der Waals surface area (Å²) in [6.07, 6.45) is 0.0287. The number of hydrogen-bond acceptors (Lipinski definition) is 5. The van der Waals surface area contributed by atoms with Crippen LogP contribution >= 0.6 is 0 Å². The summed E-state index contributed by atoms with van der Waals surface area (Å²) in [5.41, 5.74) is -0.815. The Labute approximate surface area is 96.3 Å². The number of methoxy groups -OCH3 is 1. The molecule has 0 spiro atoms. The molecule has 0 aliphatic carbocycles. The Hall–Kier alpha value is -0.810. The predicted molar refractivity (Wildman–Crippen MR) is 58.7 cm³/mol. The van der Waals surface area contributed by atoms with Gasteiger partial charge in [-0.15, -0.1) is 5.06 Å². The van der Waals surface area contributed by atoms with E-state index in [1.54, 1.807) is 5.06 Å². The summed E-state index contributed by atoms with van der Waals surface area (Å²) >= 11 is 0. The smallest absolute Gasteiger partial charge is 0.436 e. The molecule has 0 saturated carbocycles. The van der Waals surface area contributed by atoms with Crippen LogP contribution < -0.4 is 0 Å². The van der Waals surface area contributed by atoms with E-state index in [9.17, 15) is 9.90 Å². The minimum absolute atomic E-state index is 0.373. The van der Waals surface area contributed by atoms with Crippen LogP contribution in [0.4, 0.5) is 4.79 Å². The molecule has 1 saturated heterocycles. The summed E-state index contributed by atoms with van der Waals surface area (Å²) in [4.78, 5) is 16.4. The summed E-state index contributed by atoms with van der Waals surface area (Å²) in [5, 5.41) is 11.4. The fraction of sp³-hybridized carbons (Fsp3) is 0.909. The van der Waals surface area contributed by atoms with Gasteiger partial charge < -0.3 is 14.7 Å². The number of aliphatic hydroxyl groups is 1. The molecule has 1 rings (SSSR count). The van der Waals surface area contributed by atoms with Gasteiger partial charge in [-0.25, -0.2) is 4.79 Å². The zero-order chi connectivity index (χ0) is 12.6. The zero-order valence-corrected chi connectivity index (χ0v) is 10.6. The van der Waals surface area contributed by atoms with Crippen molar-refractivity contribution < 1.29 is 19.5 Å². The Morgan fingerprint density at radius 2 is 1.69 bits per heavy atom. The van der Waals surface area contributed by atoms with Crippen LogP contribution in [0.5, 0.6) is 0 Å². The number of piperidine rings is 1. The van der Waals surface area contributed by atoms with Crippen LogP contribution in [-0.4, -0.2) is 40.6 Å². The fourth-order valence-electron chi connectivity index (χ4n) is 2.57. The van der Waals surface area contributed by atoms with Crippen molar-refractivity contribution >= 4 is 6.16 Å². The lowest BCUT2D eigenvalue weighted by Crippen LogP contribution is -2.62. The van der Waals surface area contributed by atoms with Crippen LogP contribution in [0.2, 0.25) is 0 Å². The van der Waals surface area contributed by atoms with Crippen molar-refractivity contribution in [2.24, 2.45) is 0 Å². The lowest BCUT2D eigenvalue weighted by atomic mass is 9.80. The molecule has 16 heavy (non-hydrogen) atoms. The number of ether oxygens (including phenoxy) is 1. The Balaban J connectivity index is 2.88. The third kappa shape index (κ3) is 2.65. The fourth-order valence-corrected chi connectivity index (χ4v) is 2.57. The van der Waals surface area contributed by atoms with Gasteiger partial charge in [0, 0.05) is 0 Å². The average Bonchev–Trinajstić information content (AvgIpc) is 2.08. The first kappa shape index (κ1) is 13.3. The van der Waals surface area contributed by atoms with Gasteiger partial charge in [-0.2, -0.15) is 0 Å². The lowest BCUT2D eigenvalue weighted by molar-refractivity contribution is -0.263. The highest BCUT2D eigenvalue weighted by atomic mass is 16.8. The van der Waals surface area contributed by atoms with Crippen LogP contribution in [0.25, 0.3) is 0 Å². The molecule has 94 valence electrons. The molecular weight excluding hydrogens is 210 g/mol. The third-order valence-corrected chi connectivity index (χ3v) is 2.90. The number of rotatable bonds is 1. The first-order valence-corrected chi connectivity index (χ1v) is 5.43. The minimum atomic E-state index is -0.725. The molecule has 1 fully saturated rings. The SMILES string of the molecule is COC(=O)ON1C(C)(C)CC(O)CC1(C)C. The van der Waals surface area contributed by atoms with E-state index >= 15 is 0 Å². The van der Waals surface area contributed by atoms with E-state index < -0.39 is 17.2 Å².